The number of nitrogens with one attached hydrogen (secondary N) is 1. The Bertz CT molecular complexity index is 352. The highest BCUT2D eigenvalue weighted by Gasteiger charge is 1.98. The second-order valence-corrected chi connectivity index (χ2v) is 7.19. The number of benzene rings is 1. The largest absolute Gasteiger partial charge is 1.00 e. The molecule has 0 aliphatic carbocycles. The van der Waals surface area contributed by atoms with E-state index in [4.69, 9.17) is 0 Å². The monoisotopic (exact) mass is 353 g/mol. The van der Waals surface area contributed by atoms with Gasteiger partial charge in [-0.1, -0.05) is 81.7 Å². The van der Waals surface area contributed by atoms with Crippen molar-refractivity contribution in [2.24, 2.45) is 0 Å². The fourth-order valence-corrected chi connectivity index (χ4v) is 3.17. The first kappa shape index (κ1) is 23.5. The number of unbranched alkanes of at least 4 members (excludes halogenated alkanes) is 10. The Morgan fingerprint density at radius 2 is 1.12 bits per heavy atom. The van der Waals surface area contributed by atoms with Gasteiger partial charge in [-0.25, -0.2) is 0 Å². The number of quaternary nitrogens is 1. The normalized spacial score (nSPS) is 11.9. The van der Waals surface area contributed by atoms with Crippen LogP contribution in [0.15, 0.2) is 30.3 Å². The maximum atomic E-state index is 2.31. The summed E-state index contributed by atoms with van der Waals surface area (Å²) in [6, 6.07) is 10.9. The molecular formula is C22H40ClN. The summed E-state index contributed by atoms with van der Waals surface area (Å²) in [7, 11) is 2.31. The van der Waals surface area contributed by atoms with Crippen LogP contribution in [0.3, 0.4) is 0 Å². The van der Waals surface area contributed by atoms with Gasteiger partial charge in [-0.05, 0) is 38.2 Å². The van der Waals surface area contributed by atoms with Crippen LogP contribution in [0.5, 0.6) is 0 Å². The summed E-state index contributed by atoms with van der Waals surface area (Å²) >= 11 is 0. The van der Waals surface area contributed by atoms with E-state index in [9.17, 15) is 0 Å². The van der Waals surface area contributed by atoms with E-state index in [0.29, 0.717) is 0 Å². The smallest absolute Gasteiger partial charge is 0.0768 e. The Labute approximate surface area is 157 Å². The molecular weight excluding hydrogens is 314 g/mol. The van der Waals surface area contributed by atoms with Crippen LogP contribution in [0.25, 0.3) is 0 Å². The minimum Gasteiger partial charge on any atom is -1.00 e. The van der Waals surface area contributed by atoms with Crippen LogP contribution in [-0.2, 0) is 6.42 Å². The molecule has 0 aliphatic heterocycles. The molecule has 0 spiro atoms. The maximum absolute atomic E-state index is 2.31. The SMILES string of the molecule is CC[NH+](C)CCCCCCCCCCCCCc1ccccc1.[Cl-]. The van der Waals surface area contributed by atoms with Crippen molar-refractivity contribution in [3.8, 4) is 0 Å². The highest BCUT2D eigenvalue weighted by atomic mass is 35.5. The molecule has 1 rings (SSSR count). The van der Waals surface area contributed by atoms with Gasteiger partial charge in [-0.3, -0.25) is 0 Å². The molecule has 0 fully saturated rings. The lowest BCUT2D eigenvalue weighted by molar-refractivity contribution is -0.877. The number of hydrogen-bond acceptors (Lipinski definition) is 0. The van der Waals surface area contributed by atoms with E-state index in [1.807, 2.05) is 0 Å². The molecule has 140 valence electrons. The molecule has 24 heavy (non-hydrogen) atoms. The van der Waals surface area contributed by atoms with Gasteiger partial charge >= 0.3 is 0 Å². The molecule has 0 radical (unpaired) electrons. The van der Waals surface area contributed by atoms with Crippen molar-refractivity contribution in [3.63, 3.8) is 0 Å². The molecule has 1 N–H and O–H groups in total. The lowest BCUT2D eigenvalue weighted by Crippen LogP contribution is -3.08. The predicted octanol–water partition coefficient (Wildman–Crippen LogP) is 2.06. The third-order valence-electron chi connectivity index (χ3n) is 5.02. The van der Waals surface area contributed by atoms with Crippen LogP contribution in [0.1, 0.15) is 83.1 Å². The molecule has 0 aromatic heterocycles. The van der Waals surface area contributed by atoms with Gasteiger partial charge < -0.3 is 17.3 Å². The van der Waals surface area contributed by atoms with E-state index in [-0.39, 0.29) is 12.4 Å². The van der Waals surface area contributed by atoms with E-state index in [1.165, 1.54) is 95.7 Å². The summed E-state index contributed by atoms with van der Waals surface area (Å²) in [5.74, 6) is 0. The maximum Gasteiger partial charge on any atom is 0.0768 e. The second-order valence-electron chi connectivity index (χ2n) is 7.19. The highest BCUT2D eigenvalue weighted by molar-refractivity contribution is 5.14. The van der Waals surface area contributed by atoms with Crippen molar-refractivity contribution in [3.05, 3.63) is 35.9 Å². The fourth-order valence-electron chi connectivity index (χ4n) is 3.17. The standard InChI is InChI=1S/C22H39N.ClH/c1-3-23(2)21-17-12-10-8-6-4-5-7-9-11-14-18-22-19-15-13-16-20-22;/h13,15-16,19-20H,3-12,14,17-18,21H2,1-2H3;1H. The summed E-state index contributed by atoms with van der Waals surface area (Å²) in [6.07, 6.45) is 17.0. The van der Waals surface area contributed by atoms with Crippen molar-refractivity contribution >= 4 is 0 Å². The number of halogens is 1. The highest BCUT2D eigenvalue weighted by Crippen LogP contribution is 2.12. The molecule has 0 bridgehead atoms. The summed E-state index contributed by atoms with van der Waals surface area (Å²) in [5, 5.41) is 0. The van der Waals surface area contributed by atoms with E-state index in [1.54, 1.807) is 4.90 Å². The zero-order chi connectivity index (χ0) is 16.6. The number of hydrogen-bond donors (Lipinski definition) is 1. The summed E-state index contributed by atoms with van der Waals surface area (Å²) in [4.78, 5) is 1.68. The van der Waals surface area contributed by atoms with Gasteiger partial charge in [0, 0.05) is 0 Å². The predicted molar refractivity (Wildman–Crippen MR) is 103 cm³/mol. The van der Waals surface area contributed by atoms with E-state index < -0.39 is 0 Å². The minimum absolute atomic E-state index is 0. The van der Waals surface area contributed by atoms with Gasteiger partial charge in [0.2, 0.25) is 0 Å². The van der Waals surface area contributed by atoms with Gasteiger partial charge in [0.1, 0.15) is 0 Å². The molecule has 0 aliphatic rings. The zero-order valence-electron chi connectivity index (χ0n) is 16.2. The first-order valence-electron chi connectivity index (χ1n) is 10.2. The van der Waals surface area contributed by atoms with Crippen molar-refractivity contribution in [2.75, 3.05) is 20.1 Å². The molecule has 1 aromatic rings. The minimum atomic E-state index is 0. The third-order valence-corrected chi connectivity index (χ3v) is 5.02. The van der Waals surface area contributed by atoms with Crippen molar-refractivity contribution in [1.29, 1.82) is 0 Å². The molecule has 0 heterocycles. The van der Waals surface area contributed by atoms with Gasteiger partial charge in [0.25, 0.3) is 0 Å². The van der Waals surface area contributed by atoms with Crippen molar-refractivity contribution in [1.82, 2.24) is 0 Å². The van der Waals surface area contributed by atoms with Gasteiger partial charge in [-0.15, -0.1) is 0 Å². The molecule has 2 heteroatoms. The quantitative estimate of drug-likeness (QED) is 0.460. The number of aryl methyl sites for hydroxylation is 1. The molecule has 1 nitrogen and oxygen atoms in total. The second kappa shape index (κ2) is 17.3. The molecule has 1 unspecified atom stereocenters. The Morgan fingerprint density at radius 3 is 1.62 bits per heavy atom. The molecule has 0 saturated carbocycles. The molecule has 0 amide bonds. The van der Waals surface area contributed by atoms with Crippen LogP contribution < -0.4 is 17.3 Å². The average Bonchev–Trinajstić information content (AvgIpc) is 2.59. The fraction of sp³-hybridized carbons (Fsp3) is 0.727. The van der Waals surface area contributed by atoms with Crippen molar-refractivity contribution < 1.29 is 17.3 Å². The first-order valence-corrected chi connectivity index (χ1v) is 10.2. The van der Waals surface area contributed by atoms with Crippen LogP contribution >= 0.6 is 0 Å². The van der Waals surface area contributed by atoms with Crippen molar-refractivity contribution in [2.45, 2.75) is 84.0 Å². The summed E-state index contributed by atoms with van der Waals surface area (Å²) in [6.45, 7) is 4.90. The lowest BCUT2D eigenvalue weighted by atomic mass is 10.0. The average molecular weight is 354 g/mol. The van der Waals surface area contributed by atoms with Gasteiger partial charge in [-0.2, -0.15) is 0 Å². The first-order chi connectivity index (χ1) is 11.3. The van der Waals surface area contributed by atoms with E-state index in [2.05, 4.69) is 44.3 Å². The molecule has 1 aromatic carbocycles. The Balaban J connectivity index is 0.00000529. The Hall–Kier alpha value is -0.530. The Morgan fingerprint density at radius 1 is 0.667 bits per heavy atom. The van der Waals surface area contributed by atoms with Crippen LogP contribution in [-0.4, -0.2) is 20.1 Å². The van der Waals surface area contributed by atoms with E-state index >= 15 is 0 Å². The van der Waals surface area contributed by atoms with Gasteiger partial charge in [0.15, 0.2) is 0 Å². The molecule has 0 saturated heterocycles. The Kier molecular flexibility index (Phi) is 16.9. The van der Waals surface area contributed by atoms with Crippen LogP contribution in [0, 0.1) is 0 Å². The zero-order valence-corrected chi connectivity index (χ0v) is 16.9. The van der Waals surface area contributed by atoms with Crippen LogP contribution in [0.2, 0.25) is 0 Å². The third kappa shape index (κ3) is 13.9. The van der Waals surface area contributed by atoms with E-state index in [0.717, 1.165) is 0 Å². The number of rotatable bonds is 15. The van der Waals surface area contributed by atoms with Gasteiger partial charge in [0.05, 0.1) is 20.1 Å². The topological polar surface area (TPSA) is 4.44 Å². The molecule has 1 atom stereocenters. The summed E-state index contributed by atoms with van der Waals surface area (Å²) in [5.41, 5.74) is 1.50. The summed E-state index contributed by atoms with van der Waals surface area (Å²) < 4.78 is 0. The lowest BCUT2D eigenvalue weighted by Gasteiger charge is -2.10. The van der Waals surface area contributed by atoms with Crippen LogP contribution in [0.4, 0.5) is 0 Å².